The molecule has 1 aliphatic carbocycles. The van der Waals surface area contributed by atoms with E-state index in [9.17, 15) is 22.4 Å². The van der Waals surface area contributed by atoms with Crippen LogP contribution in [0.1, 0.15) is 48.3 Å². The number of halogens is 4. The van der Waals surface area contributed by atoms with Gasteiger partial charge < -0.3 is 10.4 Å². The molecule has 2 atom stereocenters. The Kier molecular flexibility index (Phi) is 8.67. The number of anilines is 1. The average Bonchev–Trinajstić information content (AvgIpc) is 3.26. The SMILES string of the molecule is Cc1cscc1-c1ccc(C2CCCC(C(=O)Nc3ccc(C(F)(F)F)cc3F)C2)cc1.O=CO. The van der Waals surface area contributed by atoms with E-state index in [1.165, 1.54) is 16.7 Å². The highest BCUT2D eigenvalue weighted by atomic mass is 32.1. The number of rotatable bonds is 4. The lowest BCUT2D eigenvalue weighted by Gasteiger charge is -2.29. The van der Waals surface area contributed by atoms with Crippen LogP contribution in [0.5, 0.6) is 0 Å². The molecule has 2 aromatic carbocycles. The lowest BCUT2D eigenvalue weighted by Crippen LogP contribution is -2.28. The molecule has 0 saturated heterocycles. The Hall–Kier alpha value is -3.20. The Labute approximate surface area is 204 Å². The molecule has 4 nitrogen and oxygen atoms in total. The number of alkyl halides is 3. The molecule has 1 heterocycles. The number of hydrogen-bond acceptors (Lipinski definition) is 3. The molecule has 1 aromatic heterocycles. The smallest absolute Gasteiger partial charge is 0.416 e. The maximum atomic E-state index is 14.1. The zero-order chi connectivity index (χ0) is 25.6. The van der Waals surface area contributed by atoms with Crippen LogP contribution in [0.2, 0.25) is 0 Å². The van der Waals surface area contributed by atoms with Crippen LogP contribution in [0.25, 0.3) is 11.1 Å². The first kappa shape index (κ1) is 26.4. The Balaban J connectivity index is 0.00000108. The molecule has 0 aliphatic heterocycles. The molecule has 1 aliphatic rings. The van der Waals surface area contributed by atoms with Gasteiger partial charge in [-0.3, -0.25) is 9.59 Å². The average molecular weight is 508 g/mol. The van der Waals surface area contributed by atoms with Gasteiger partial charge >= 0.3 is 6.18 Å². The Morgan fingerprint density at radius 1 is 1.11 bits per heavy atom. The van der Waals surface area contributed by atoms with Crippen molar-refractivity contribution in [3.8, 4) is 11.1 Å². The Morgan fingerprint density at radius 3 is 2.37 bits per heavy atom. The second-order valence-electron chi connectivity index (χ2n) is 8.44. The predicted octanol–water partition coefficient (Wildman–Crippen LogP) is 7.49. The lowest BCUT2D eigenvalue weighted by molar-refractivity contribution is -0.137. The first-order chi connectivity index (χ1) is 16.6. The molecule has 186 valence electrons. The van der Waals surface area contributed by atoms with Crippen molar-refractivity contribution in [3.63, 3.8) is 0 Å². The third kappa shape index (κ3) is 6.69. The summed E-state index contributed by atoms with van der Waals surface area (Å²) in [6, 6.07) is 10.6. The van der Waals surface area contributed by atoms with Crippen molar-refractivity contribution >= 4 is 29.4 Å². The molecule has 0 bridgehead atoms. The van der Waals surface area contributed by atoms with Gasteiger partial charge in [0, 0.05) is 5.92 Å². The highest BCUT2D eigenvalue weighted by molar-refractivity contribution is 7.08. The van der Waals surface area contributed by atoms with Crippen LogP contribution < -0.4 is 5.32 Å². The number of carbonyl (C=O) groups is 2. The molecule has 1 fully saturated rings. The minimum atomic E-state index is -4.63. The number of aryl methyl sites for hydroxylation is 1. The molecule has 3 aromatic rings. The van der Waals surface area contributed by atoms with Gasteiger partial charge in [-0.05, 0) is 83.3 Å². The summed E-state index contributed by atoms with van der Waals surface area (Å²) in [4.78, 5) is 21.1. The lowest BCUT2D eigenvalue weighted by atomic mass is 9.77. The van der Waals surface area contributed by atoms with Gasteiger partial charge in [0.05, 0.1) is 11.3 Å². The fourth-order valence-corrected chi connectivity index (χ4v) is 5.21. The van der Waals surface area contributed by atoms with Gasteiger partial charge in [-0.2, -0.15) is 24.5 Å². The van der Waals surface area contributed by atoms with Crippen LogP contribution in [0.4, 0.5) is 23.2 Å². The number of thiophene rings is 1. The molecule has 0 spiro atoms. The molecule has 35 heavy (non-hydrogen) atoms. The summed E-state index contributed by atoms with van der Waals surface area (Å²) >= 11 is 1.67. The van der Waals surface area contributed by atoms with Crippen molar-refractivity contribution < 1.29 is 32.3 Å². The zero-order valence-corrected chi connectivity index (χ0v) is 19.8. The third-order valence-corrected chi connectivity index (χ3v) is 7.01. The maximum absolute atomic E-state index is 14.1. The van der Waals surface area contributed by atoms with Crippen molar-refractivity contribution in [1.82, 2.24) is 0 Å². The molecule has 4 rings (SSSR count). The van der Waals surface area contributed by atoms with Crippen LogP contribution in [0, 0.1) is 18.7 Å². The summed E-state index contributed by atoms with van der Waals surface area (Å²) in [5.74, 6) is -1.53. The molecule has 1 amide bonds. The van der Waals surface area contributed by atoms with Gasteiger partial charge in [0.15, 0.2) is 0 Å². The van der Waals surface area contributed by atoms with Gasteiger partial charge in [0.2, 0.25) is 5.91 Å². The summed E-state index contributed by atoms with van der Waals surface area (Å²) in [6.07, 6.45) is -1.49. The summed E-state index contributed by atoms with van der Waals surface area (Å²) in [6.45, 7) is 1.84. The summed E-state index contributed by atoms with van der Waals surface area (Å²) < 4.78 is 52.3. The van der Waals surface area contributed by atoms with Crippen molar-refractivity contribution in [2.45, 2.75) is 44.7 Å². The van der Waals surface area contributed by atoms with Crippen molar-refractivity contribution in [1.29, 1.82) is 0 Å². The molecule has 2 N–H and O–H groups in total. The van der Waals surface area contributed by atoms with Crippen LogP contribution in [0.15, 0.2) is 53.2 Å². The predicted molar refractivity (Wildman–Crippen MR) is 128 cm³/mol. The first-order valence-electron chi connectivity index (χ1n) is 11.0. The molecule has 9 heteroatoms. The van der Waals surface area contributed by atoms with E-state index in [0.29, 0.717) is 18.9 Å². The minimum absolute atomic E-state index is 0.217. The second kappa shape index (κ2) is 11.5. The number of hydrogen-bond donors (Lipinski definition) is 2. The number of nitrogens with one attached hydrogen (secondary N) is 1. The molecular formula is C26H25F4NO3S. The summed E-state index contributed by atoms with van der Waals surface area (Å²) in [7, 11) is 0. The first-order valence-corrected chi connectivity index (χ1v) is 12.0. The maximum Gasteiger partial charge on any atom is 0.416 e. The minimum Gasteiger partial charge on any atom is -0.483 e. The van der Waals surface area contributed by atoms with E-state index in [1.54, 1.807) is 11.3 Å². The van der Waals surface area contributed by atoms with Gasteiger partial charge in [-0.25, -0.2) is 4.39 Å². The second-order valence-corrected chi connectivity index (χ2v) is 9.18. The van der Waals surface area contributed by atoms with Crippen LogP contribution in [-0.4, -0.2) is 17.5 Å². The van der Waals surface area contributed by atoms with Gasteiger partial charge in [-0.15, -0.1) is 0 Å². The highest BCUT2D eigenvalue weighted by Crippen LogP contribution is 2.38. The van der Waals surface area contributed by atoms with E-state index < -0.39 is 17.6 Å². The summed E-state index contributed by atoms with van der Waals surface area (Å²) in [5.41, 5.74) is 3.50. The van der Waals surface area contributed by atoms with E-state index >= 15 is 0 Å². The highest BCUT2D eigenvalue weighted by Gasteiger charge is 2.32. The monoisotopic (exact) mass is 507 g/mol. The zero-order valence-electron chi connectivity index (χ0n) is 18.9. The number of benzene rings is 2. The van der Waals surface area contributed by atoms with Crippen LogP contribution in [0.3, 0.4) is 0 Å². The van der Waals surface area contributed by atoms with Crippen LogP contribution in [-0.2, 0) is 15.8 Å². The largest absolute Gasteiger partial charge is 0.483 e. The molecule has 2 unspecified atom stereocenters. The molecule has 0 radical (unpaired) electrons. The number of amides is 1. The quantitative estimate of drug-likeness (QED) is 0.284. The summed E-state index contributed by atoms with van der Waals surface area (Å²) in [5, 5.41) is 13.6. The standard InChI is InChI=1S/C25H23F4NOS.CH2O2/c1-15-13-32-14-21(15)17-7-5-16(6-8-17)18-3-2-4-19(11-18)24(31)30-23-10-9-20(12-22(23)26)25(27,28)29;2-1-3/h5-10,12-14,18-19H,2-4,11H2,1H3,(H,30,31);1H,(H,2,3). The van der Waals surface area contributed by atoms with Gasteiger partial charge in [0.25, 0.3) is 6.47 Å². The third-order valence-electron chi connectivity index (χ3n) is 6.15. The fourth-order valence-electron chi connectivity index (χ4n) is 4.35. The van der Waals surface area contributed by atoms with Crippen molar-refractivity contribution in [3.05, 3.63) is 75.7 Å². The molecule has 1 saturated carbocycles. The Morgan fingerprint density at radius 2 is 1.80 bits per heavy atom. The van der Waals surface area contributed by atoms with Crippen molar-refractivity contribution in [2.24, 2.45) is 5.92 Å². The molecular weight excluding hydrogens is 482 g/mol. The van der Waals surface area contributed by atoms with E-state index in [0.717, 1.165) is 30.5 Å². The van der Waals surface area contributed by atoms with E-state index in [-0.39, 0.29) is 29.9 Å². The fraction of sp³-hybridized carbons (Fsp3) is 0.308. The number of carbonyl (C=O) groups excluding carboxylic acids is 1. The van der Waals surface area contributed by atoms with E-state index in [1.807, 2.05) is 0 Å². The van der Waals surface area contributed by atoms with Crippen LogP contribution >= 0.6 is 11.3 Å². The normalized spacial score (nSPS) is 17.7. The van der Waals surface area contributed by atoms with Crippen molar-refractivity contribution in [2.75, 3.05) is 5.32 Å². The topological polar surface area (TPSA) is 66.4 Å². The van der Waals surface area contributed by atoms with E-state index in [4.69, 9.17) is 9.90 Å². The van der Waals surface area contributed by atoms with Gasteiger partial charge in [-0.1, -0.05) is 30.7 Å². The van der Waals surface area contributed by atoms with E-state index in [2.05, 4.69) is 47.3 Å². The Bertz CT molecular complexity index is 1160. The van der Waals surface area contributed by atoms with Gasteiger partial charge in [0.1, 0.15) is 5.82 Å². The number of carboxylic acid groups (broad SMARTS) is 1.